The lowest BCUT2D eigenvalue weighted by atomic mass is 9.93. The van der Waals surface area contributed by atoms with Gasteiger partial charge in [0, 0.05) is 65.8 Å². The van der Waals surface area contributed by atoms with E-state index >= 15 is 0 Å². The molecule has 5 nitrogen and oxygen atoms in total. The van der Waals surface area contributed by atoms with Gasteiger partial charge in [0.15, 0.2) is 5.82 Å². The first-order chi connectivity index (χ1) is 31.2. The molecule has 13 rings (SSSR count). The topological polar surface area (TPSA) is 57.0 Å². The summed E-state index contributed by atoms with van der Waals surface area (Å²) in [5.74, 6) is 0.649. The molecule has 294 valence electrons. The summed E-state index contributed by atoms with van der Waals surface area (Å²) < 4.78 is 15.6. The summed E-state index contributed by atoms with van der Waals surface area (Å²) in [6, 6.07) is 74.3. The van der Waals surface area contributed by atoms with E-state index in [4.69, 9.17) is 18.8 Å². The minimum atomic E-state index is 0.649. The van der Waals surface area contributed by atoms with Crippen LogP contribution in [0.1, 0.15) is 0 Å². The predicted octanol–water partition coefficient (Wildman–Crippen LogP) is 15.7. The molecule has 13 aromatic rings. The molecule has 4 heterocycles. The van der Waals surface area contributed by atoms with Crippen LogP contribution in [0.4, 0.5) is 0 Å². The van der Waals surface area contributed by atoms with Crippen molar-refractivity contribution < 1.29 is 8.83 Å². The molecule has 0 saturated heterocycles. The summed E-state index contributed by atoms with van der Waals surface area (Å²) in [6.45, 7) is 0. The highest BCUT2D eigenvalue weighted by molar-refractivity contribution is 6.12. The zero-order chi connectivity index (χ0) is 41.4. The monoisotopic (exact) mass is 805 g/mol. The van der Waals surface area contributed by atoms with Gasteiger partial charge in [-0.25, -0.2) is 9.97 Å². The van der Waals surface area contributed by atoms with E-state index in [1.807, 2.05) is 42.5 Å². The Bertz CT molecular complexity index is 3740. The first-order valence-electron chi connectivity index (χ1n) is 21.2. The SMILES string of the molecule is c1ccc(-c2nc(-c3cc(-c4cccc5c4oc4ccccc45)cc(-c4cccc5c4oc4ccccc45)c3)cc(-c3cccc(-n4c5ccccc5c5ccccc54)c3)n2)cc1. The minimum absolute atomic E-state index is 0.649. The van der Waals surface area contributed by atoms with Gasteiger partial charge in [0.2, 0.25) is 0 Å². The van der Waals surface area contributed by atoms with Gasteiger partial charge in [-0.05, 0) is 71.8 Å². The fraction of sp³-hybridized carbons (Fsp3) is 0. The number of benzene rings is 9. The number of hydrogen-bond donors (Lipinski definition) is 0. The standard InChI is InChI=1S/C58H35N3O2/c1-2-15-36(16-3-1)58-59-50(37-17-12-18-41(34-37)61-52-27-8-4-19-44(52)45-20-5-9-28-53(45)61)35-51(60-58)40-32-38(42-23-13-25-48-46-21-6-10-29-54(46)62-56(42)48)31-39(33-40)43-24-14-26-49-47-22-7-11-30-55(47)63-57(43)49/h1-35H. The van der Waals surface area contributed by atoms with Gasteiger partial charge in [-0.15, -0.1) is 0 Å². The molecule has 0 unspecified atom stereocenters. The molecule has 0 bridgehead atoms. The van der Waals surface area contributed by atoms with Crippen molar-refractivity contribution in [2.24, 2.45) is 0 Å². The Labute approximate surface area is 361 Å². The second kappa shape index (κ2) is 14.0. The van der Waals surface area contributed by atoms with Gasteiger partial charge in [-0.2, -0.15) is 0 Å². The van der Waals surface area contributed by atoms with Gasteiger partial charge in [0.1, 0.15) is 22.3 Å². The summed E-state index contributed by atoms with van der Waals surface area (Å²) in [5, 5.41) is 6.78. The number of para-hydroxylation sites is 6. The van der Waals surface area contributed by atoms with Crippen molar-refractivity contribution in [3.63, 3.8) is 0 Å². The van der Waals surface area contributed by atoms with Gasteiger partial charge >= 0.3 is 0 Å². The number of hydrogen-bond acceptors (Lipinski definition) is 4. The molecule has 0 atom stereocenters. The molecule has 0 aliphatic heterocycles. The molecule has 5 heteroatoms. The highest BCUT2D eigenvalue weighted by Gasteiger charge is 2.20. The normalized spacial score (nSPS) is 11.8. The third-order valence-corrected chi connectivity index (χ3v) is 12.4. The van der Waals surface area contributed by atoms with Crippen LogP contribution in [-0.2, 0) is 0 Å². The first kappa shape index (κ1) is 35.2. The average Bonchev–Trinajstić information content (AvgIpc) is 4.04. The summed E-state index contributed by atoms with van der Waals surface area (Å²) in [5.41, 5.74) is 15.3. The number of rotatable bonds is 6. The van der Waals surface area contributed by atoms with Gasteiger partial charge in [-0.3, -0.25) is 0 Å². The molecule has 0 aliphatic carbocycles. The Kier molecular flexibility index (Phi) is 7.84. The molecular formula is C58H35N3O2. The quantitative estimate of drug-likeness (QED) is 0.168. The lowest BCUT2D eigenvalue weighted by Crippen LogP contribution is -1.98. The van der Waals surface area contributed by atoms with Crippen molar-refractivity contribution in [2.75, 3.05) is 0 Å². The Hall–Kier alpha value is -8.54. The maximum atomic E-state index is 6.64. The van der Waals surface area contributed by atoms with E-state index in [1.54, 1.807) is 0 Å². The van der Waals surface area contributed by atoms with Gasteiger partial charge in [0.25, 0.3) is 0 Å². The first-order valence-corrected chi connectivity index (χ1v) is 21.2. The molecule has 0 radical (unpaired) electrons. The van der Waals surface area contributed by atoms with Crippen LogP contribution in [0.3, 0.4) is 0 Å². The van der Waals surface area contributed by atoms with Crippen molar-refractivity contribution in [1.29, 1.82) is 0 Å². The molecule has 63 heavy (non-hydrogen) atoms. The van der Waals surface area contributed by atoms with Crippen LogP contribution in [0.5, 0.6) is 0 Å². The fourth-order valence-corrected chi connectivity index (χ4v) is 9.50. The zero-order valence-electron chi connectivity index (χ0n) is 33.9. The van der Waals surface area contributed by atoms with Crippen LogP contribution in [0.15, 0.2) is 221 Å². The largest absolute Gasteiger partial charge is 0.455 e. The zero-order valence-corrected chi connectivity index (χ0v) is 33.9. The Morgan fingerprint density at radius 1 is 0.317 bits per heavy atom. The molecule has 0 fully saturated rings. The number of furan rings is 2. The Morgan fingerprint density at radius 2 is 0.778 bits per heavy atom. The van der Waals surface area contributed by atoms with E-state index in [1.165, 1.54) is 10.8 Å². The van der Waals surface area contributed by atoms with Crippen molar-refractivity contribution >= 4 is 65.7 Å². The highest BCUT2D eigenvalue weighted by Crippen LogP contribution is 2.42. The molecule has 0 spiro atoms. The van der Waals surface area contributed by atoms with Crippen molar-refractivity contribution in [2.45, 2.75) is 0 Å². The van der Waals surface area contributed by atoms with E-state index in [2.05, 4.69) is 174 Å². The van der Waals surface area contributed by atoms with E-state index in [0.29, 0.717) is 5.82 Å². The fourth-order valence-electron chi connectivity index (χ4n) is 9.50. The molecule has 4 aromatic heterocycles. The van der Waals surface area contributed by atoms with E-state index < -0.39 is 0 Å². The summed E-state index contributed by atoms with van der Waals surface area (Å²) in [7, 11) is 0. The van der Waals surface area contributed by atoms with Crippen LogP contribution in [-0.4, -0.2) is 14.5 Å². The van der Waals surface area contributed by atoms with Gasteiger partial charge in [-0.1, -0.05) is 152 Å². The molecule has 0 N–H and O–H groups in total. The minimum Gasteiger partial charge on any atom is -0.455 e. The summed E-state index contributed by atoms with van der Waals surface area (Å²) in [6.07, 6.45) is 0. The Morgan fingerprint density at radius 3 is 1.38 bits per heavy atom. The lowest BCUT2D eigenvalue weighted by molar-refractivity contribution is 0.670. The summed E-state index contributed by atoms with van der Waals surface area (Å²) >= 11 is 0. The third-order valence-electron chi connectivity index (χ3n) is 12.4. The molecule has 0 aliphatic rings. The van der Waals surface area contributed by atoms with Gasteiger partial charge < -0.3 is 13.4 Å². The van der Waals surface area contributed by atoms with Crippen LogP contribution in [0, 0.1) is 0 Å². The smallest absolute Gasteiger partial charge is 0.160 e. The Balaban J connectivity index is 1.05. The van der Waals surface area contributed by atoms with Crippen molar-refractivity contribution in [3.05, 3.63) is 212 Å². The maximum Gasteiger partial charge on any atom is 0.160 e. The number of fused-ring (bicyclic) bond motifs is 9. The molecule has 0 amide bonds. The highest BCUT2D eigenvalue weighted by atomic mass is 16.3. The second-order valence-corrected chi connectivity index (χ2v) is 16.1. The van der Waals surface area contributed by atoms with E-state index in [-0.39, 0.29) is 0 Å². The third kappa shape index (κ3) is 5.71. The molecule has 0 saturated carbocycles. The predicted molar refractivity (Wildman–Crippen MR) is 258 cm³/mol. The van der Waals surface area contributed by atoms with Crippen molar-refractivity contribution in [3.8, 4) is 61.8 Å². The van der Waals surface area contributed by atoms with E-state index in [0.717, 1.165) is 111 Å². The molecular weight excluding hydrogens is 771 g/mol. The van der Waals surface area contributed by atoms with Crippen LogP contribution >= 0.6 is 0 Å². The number of nitrogens with zero attached hydrogens (tertiary/aromatic N) is 3. The number of aromatic nitrogens is 3. The lowest BCUT2D eigenvalue weighted by Gasteiger charge is -2.14. The van der Waals surface area contributed by atoms with Crippen LogP contribution in [0.2, 0.25) is 0 Å². The van der Waals surface area contributed by atoms with E-state index in [9.17, 15) is 0 Å². The molecule has 9 aromatic carbocycles. The van der Waals surface area contributed by atoms with Crippen LogP contribution in [0.25, 0.3) is 128 Å². The maximum absolute atomic E-state index is 6.64. The average molecular weight is 806 g/mol. The summed E-state index contributed by atoms with van der Waals surface area (Å²) in [4.78, 5) is 10.6. The second-order valence-electron chi connectivity index (χ2n) is 16.1. The van der Waals surface area contributed by atoms with Gasteiger partial charge in [0.05, 0.1) is 22.4 Å². The van der Waals surface area contributed by atoms with Crippen LogP contribution < -0.4 is 0 Å². The van der Waals surface area contributed by atoms with Crippen molar-refractivity contribution in [1.82, 2.24) is 14.5 Å².